The number of anilines is 1. The largest absolute Gasteiger partial charge is 0.339 e. The average molecular weight is 314 g/mol. The van der Waals surface area contributed by atoms with E-state index >= 15 is 0 Å². The molecule has 122 valence electrons. The molecule has 1 saturated heterocycles. The second-order valence-corrected chi connectivity index (χ2v) is 5.80. The highest BCUT2D eigenvalue weighted by molar-refractivity contribution is 6.07. The Morgan fingerprint density at radius 2 is 1.61 bits per heavy atom. The van der Waals surface area contributed by atoms with Crippen LogP contribution in [0.2, 0.25) is 0 Å². The van der Waals surface area contributed by atoms with Gasteiger partial charge in [0.1, 0.15) is 0 Å². The van der Waals surface area contributed by atoms with Crippen LogP contribution in [0.15, 0.2) is 35.9 Å². The summed E-state index contributed by atoms with van der Waals surface area (Å²) in [5.41, 5.74) is 1.56. The van der Waals surface area contributed by atoms with Gasteiger partial charge in [-0.1, -0.05) is 0 Å². The summed E-state index contributed by atoms with van der Waals surface area (Å²) >= 11 is 0. The van der Waals surface area contributed by atoms with Gasteiger partial charge in [0.05, 0.1) is 0 Å². The van der Waals surface area contributed by atoms with Crippen molar-refractivity contribution >= 4 is 23.3 Å². The minimum Gasteiger partial charge on any atom is -0.339 e. The number of likely N-dealkylation sites (tertiary alicyclic amines) is 1. The van der Waals surface area contributed by atoms with Crippen molar-refractivity contribution in [3.63, 3.8) is 0 Å². The van der Waals surface area contributed by atoms with E-state index in [4.69, 9.17) is 0 Å². The summed E-state index contributed by atoms with van der Waals surface area (Å²) in [5.74, 6) is -0.443. The number of hydrogen-bond acceptors (Lipinski definition) is 3. The van der Waals surface area contributed by atoms with Crippen LogP contribution in [0, 0.1) is 0 Å². The van der Waals surface area contributed by atoms with Gasteiger partial charge in [0.25, 0.3) is 5.91 Å². The number of hydrogen-bond donors (Lipinski definition) is 1. The fourth-order valence-electron chi connectivity index (χ4n) is 2.47. The summed E-state index contributed by atoms with van der Waals surface area (Å²) in [4.78, 5) is 37.2. The van der Waals surface area contributed by atoms with E-state index in [-0.39, 0.29) is 17.6 Å². The molecule has 0 aliphatic carbocycles. The molecule has 1 heterocycles. The Balaban J connectivity index is 1.97. The molecule has 0 unspecified atom stereocenters. The molecule has 0 spiro atoms. The first-order chi connectivity index (χ1) is 11.0. The Morgan fingerprint density at radius 3 is 2.17 bits per heavy atom. The normalized spacial score (nSPS) is 15.2. The van der Waals surface area contributed by atoms with E-state index in [9.17, 15) is 14.4 Å². The number of amides is 2. The monoisotopic (exact) mass is 314 g/mol. The van der Waals surface area contributed by atoms with Crippen molar-refractivity contribution in [3.05, 3.63) is 41.5 Å². The zero-order chi connectivity index (χ0) is 16.8. The lowest BCUT2D eigenvalue weighted by Crippen LogP contribution is -2.34. The maximum Gasteiger partial charge on any atom is 0.251 e. The average Bonchev–Trinajstić information content (AvgIpc) is 2.56. The molecule has 1 fully saturated rings. The molecule has 0 bridgehead atoms. The van der Waals surface area contributed by atoms with Crippen LogP contribution in [0.4, 0.5) is 5.69 Å². The first kappa shape index (κ1) is 16.9. The first-order valence-electron chi connectivity index (χ1n) is 7.87. The quantitative estimate of drug-likeness (QED) is 0.686. The molecule has 1 aromatic carbocycles. The predicted octanol–water partition coefficient (Wildman–Crippen LogP) is 2.79. The predicted molar refractivity (Wildman–Crippen MR) is 89.3 cm³/mol. The third kappa shape index (κ3) is 4.77. The van der Waals surface area contributed by atoms with Crippen LogP contribution in [0.5, 0.6) is 0 Å². The van der Waals surface area contributed by atoms with Gasteiger partial charge >= 0.3 is 0 Å². The van der Waals surface area contributed by atoms with Crippen LogP contribution in [-0.4, -0.2) is 35.6 Å². The zero-order valence-electron chi connectivity index (χ0n) is 13.6. The van der Waals surface area contributed by atoms with E-state index in [0.29, 0.717) is 16.8 Å². The SMILES string of the molecule is CC(=O)c1ccc(NC(=O)/C(C)=C\C(=O)N2CCCCC2)cc1. The lowest BCUT2D eigenvalue weighted by Gasteiger charge is -2.25. The molecule has 5 nitrogen and oxygen atoms in total. The zero-order valence-corrected chi connectivity index (χ0v) is 13.6. The number of ketones is 1. The molecule has 1 N–H and O–H groups in total. The number of carbonyl (C=O) groups is 3. The van der Waals surface area contributed by atoms with Crippen LogP contribution < -0.4 is 5.32 Å². The number of Topliss-reactive ketones (excluding diaryl/α,β-unsaturated/α-hetero) is 1. The van der Waals surface area contributed by atoms with Gasteiger partial charge in [-0.15, -0.1) is 0 Å². The van der Waals surface area contributed by atoms with Crippen molar-refractivity contribution < 1.29 is 14.4 Å². The summed E-state index contributed by atoms with van der Waals surface area (Å²) in [6.45, 7) is 4.64. The highest BCUT2D eigenvalue weighted by Gasteiger charge is 2.16. The molecule has 0 atom stereocenters. The van der Waals surface area contributed by atoms with Crippen molar-refractivity contribution in [2.24, 2.45) is 0 Å². The van der Waals surface area contributed by atoms with Crippen LogP contribution in [0.3, 0.4) is 0 Å². The van der Waals surface area contributed by atoms with Gasteiger partial charge in [-0.2, -0.15) is 0 Å². The van der Waals surface area contributed by atoms with Crippen molar-refractivity contribution in [1.29, 1.82) is 0 Å². The fourth-order valence-corrected chi connectivity index (χ4v) is 2.47. The van der Waals surface area contributed by atoms with E-state index in [1.54, 1.807) is 36.1 Å². The second-order valence-electron chi connectivity index (χ2n) is 5.80. The molecule has 2 rings (SSSR count). The van der Waals surface area contributed by atoms with Crippen LogP contribution in [0.1, 0.15) is 43.5 Å². The number of rotatable bonds is 4. The van der Waals surface area contributed by atoms with E-state index in [2.05, 4.69) is 5.32 Å². The molecule has 23 heavy (non-hydrogen) atoms. The Labute approximate surface area is 136 Å². The Hall–Kier alpha value is -2.43. The van der Waals surface area contributed by atoms with E-state index in [0.717, 1.165) is 32.4 Å². The van der Waals surface area contributed by atoms with Gasteiger partial charge < -0.3 is 10.2 Å². The van der Waals surface area contributed by atoms with Crippen LogP contribution >= 0.6 is 0 Å². The molecule has 5 heteroatoms. The topological polar surface area (TPSA) is 66.5 Å². The molecule has 2 amide bonds. The summed E-state index contributed by atoms with van der Waals surface area (Å²) in [6, 6.07) is 6.68. The first-order valence-corrected chi connectivity index (χ1v) is 7.87. The third-order valence-corrected chi connectivity index (χ3v) is 3.92. The Bertz CT molecular complexity index is 626. The van der Waals surface area contributed by atoms with E-state index < -0.39 is 0 Å². The Kier molecular flexibility index (Phi) is 5.68. The van der Waals surface area contributed by atoms with Crippen molar-refractivity contribution in [3.8, 4) is 0 Å². The highest BCUT2D eigenvalue weighted by atomic mass is 16.2. The maximum atomic E-state index is 12.1. The van der Waals surface area contributed by atoms with Crippen molar-refractivity contribution in [2.45, 2.75) is 33.1 Å². The molecule has 0 radical (unpaired) electrons. The molecule has 1 aliphatic heterocycles. The Morgan fingerprint density at radius 1 is 1.00 bits per heavy atom. The van der Waals surface area contributed by atoms with Crippen molar-refractivity contribution in [2.75, 3.05) is 18.4 Å². The van der Waals surface area contributed by atoms with Gasteiger partial charge in [-0.25, -0.2) is 0 Å². The minimum atomic E-state index is -0.314. The summed E-state index contributed by atoms with van der Waals surface area (Å²) in [7, 11) is 0. The minimum absolute atomic E-state index is 0.0221. The fraction of sp³-hybridized carbons (Fsp3) is 0.389. The number of piperidine rings is 1. The van der Waals surface area contributed by atoms with Gasteiger partial charge in [-0.05, 0) is 57.4 Å². The van der Waals surface area contributed by atoms with Crippen LogP contribution in [0.25, 0.3) is 0 Å². The van der Waals surface area contributed by atoms with E-state index in [1.807, 2.05) is 0 Å². The van der Waals surface area contributed by atoms with E-state index in [1.165, 1.54) is 13.0 Å². The van der Waals surface area contributed by atoms with Crippen LogP contribution in [-0.2, 0) is 9.59 Å². The third-order valence-electron chi connectivity index (χ3n) is 3.92. The molecular weight excluding hydrogens is 292 g/mol. The second kappa shape index (κ2) is 7.72. The molecule has 0 saturated carbocycles. The lowest BCUT2D eigenvalue weighted by atomic mass is 10.1. The van der Waals surface area contributed by atoms with Gasteiger partial charge in [0.15, 0.2) is 5.78 Å². The number of nitrogens with one attached hydrogen (secondary N) is 1. The highest BCUT2D eigenvalue weighted by Crippen LogP contribution is 2.13. The molecule has 1 aromatic rings. The van der Waals surface area contributed by atoms with Gasteiger partial charge in [0.2, 0.25) is 5.91 Å². The maximum absolute atomic E-state index is 12.1. The van der Waals surface area contributed by atoms with Gasteiger partial charge in [0, 0.05) is 36.0 Å². The summed E-state index contributed by atoms with van der Waals surface area (Å²) < 4.78 is 0. The smallest absolute Gasteiger partial charge is 0.251 e. The molecule has 0 aromatic heterocycles. The molecular formula is C18H22N2O3. The lowest BCUT2D eigenvalue weighted by molar-refractivity contribution is -0.127. The number of nitrogens with zero attached hydrogens (tertiary/aromatic N) is 1. The summed E-state index contributed by atoms with van der Waals surface area (Å²) in [5, 5.41) is 2.73. The molecule has 1 aliphatic rings. The standard InChI is InChI=1S/C18H22N2O3/c1-13(12-17(22)20-10-4-3-5-11-20)18(23)19-16-8-6-15(7-9-16)14(2)21/h6-9,12H,3-5,10-11H2,1-2H3,(H,19,23)/b13-12-. The number of benzene rings is 1. The summed E-state index contributed by atoms with van der Waals surface area (Å²) in [6.07, 6.45) is 4.59. The van der Waals surface area contributed by atoms with Crippen molar-refractivity contribution in [1.82, 2.24) is 4.90 Å². The number of carbonyl (C=O) groups excluding carboxylic acids is 3. The van der Waals surface area contributed by atoms with Gasteiger partial charge in [-0.3, -0.25) is 14.4 Å².